The molecule has 0 spiro atoms. The summed E-state index contributed by atoms with van der Waals surface area (Å²) in [6.07, 6.45) is 4.69. The van der Waals surface area contributed by atoms with Gasteiger partial charge in [-0.05, 0) is 18.1 Å². The third-order valence-electron chi connectivity index (χ3n) is 2.93. The van der Waals surface area contributed by atoms with Crippen LogP contribution in [-0.4, -0.2) is 40.6 Å². The van der Waals surface area contributed by atoms with Crippen LogP contribution in [0.1, 0.15) is 42.2 Å². The largest absolute Gasteiger partial charge is 0.477 e. The van der Waals surface area contributed by atoms with E-state index in [1.165, 1.54) is 12.3 Å². The maximum absolute atomic E-state index is 11.8. The van der Waals surface area contributed by atoms with E-state index >= 15 is 0 Å². The van der Waals surface area contributed by atoms with E-state index in [1.807, 2.05) is 0 Å². The topological polar surface area (TPSA) is 82.5 Å². The summed E-state index contributed by atoms with van der Waals surface area (Å²) in [4.78, 5) is 27.9. The quantitative estimate of drug-likeness (QED) is 0.749. The van der Waals surface area contributed by atoms with E-state index in [-0.39, 0.29) is 11.7 Å². The number of unbranched alkanes of at least 4 members (excludes halogenated alkanes) is 2. The number of pyridine rings is 1. The fourth-order valence-corrected chi connectivity index (χ4v) is 1.67. The van der Waals surface area contributed by atoms with Crippen LogP contribution < -0.4 is 5.32 Å². The first-order chi connectivity index (χ1) is 9.54. The summed E-state index contributed by atoms with van der Waals surface area (Å²) < 4.78 is 0. The molecule has 1 rings (SSSR count). The Balaban J connectivity index is 2.38. The summed E-state index contributed by atoms with van der Waals surface area (Å²) in [6, 6.07) is 2.94. The van der Waals surface area contributed by atoms with Crippen LogP contribution in [0.5, 0.6) is 0 Å². The molecule has 0 bridgehead atoms. The Bertz CT molecular complexity index is 445. The maximum atomic E-state index is 11.8. The molecule has 0 aliphatic rings. The van der Waals surface area contributed by atoms with E-state index in [0.717, 1.165) is 31.4 Å². The lowest BCUT2D eigenvalue weighted by Crippen LogP contribution is -2.37. The molecule has 0 saturated carbocycles. The molecular formula is C14H21N3O3. The Hall–Kier alpha value is -2.11. The number of nitrogens with one attached hydrogen (secondary N) is 1. The summed E-state index contributed by atoms with van der Waals surface area (Å²) in [7, 11) is 1.76. The van der Waals surface area contributed by atoms with Gasteiger partial charge >= 0.3 is 12.0 Å². The van der Waals surface area contributed by atoms with Gasteiger partial charge in [0, 0.05) is 26.3 Å². The molecule has 6 nitrogen and oxygen atoms in total. The van der Waals surface area contributed by atoms with Crippen LogP contribution in [0, 0.1) is 0 Å². The predicted octanol–water partition coefficient (Wildman–Crippen LogP) is 2.11. The number of rotatable bonds is 7. The van der Waals surface area contributed by atoms with Crippen molar-refractivity contribution in [3.05, 3.63) is 29.6 Å². The van der Waals surface area contributed by atoms with Crippen molar-refractivity contribution in [2.24, 2.45) is 0 Å². The van der Waals surface area contributed by atoms with Crippen molar-refractivity contribution in [1.29, 1.82) is 0 Å². The lowest BCUT2D eigenvalue weighted by molar-refractivity contribution is 0.0690. The molecule has 1 aromatic heterocycles. The first-order valence-electron chi connectivity index (χ1n) is 6.71. The van der Waals surface area contributed by atoms with Crippen molar-refractivity contribution < 1.29 is 14.7 Å². The number of amides is 2. The average molecular weight is 279 g/mol. The number of aromatic nitrogens is 1. The van der Waals surface area contributed by atoms with E-state index in [9.17, 15) is 9.59 Å². The molecule has 2 N–H and O–H groups in total. The molecule has 0 aromatic carbocycles. The second-order valence-corrected chi connectivity index (χ2v) is 4.64. The van der Waals surface area contributed by atoms with Crippen molar-refractivity contribution in [1.82, 2.24) is 15.2 Å². The number of hydrogen-bond acceptors (Lipinski definition) is 3. The predicted molar refractivity (Wildman–Crippen MR) is 75.6 cm³/mol. The number of hydrogen-bond donors (Lipinski definition) is 2. The van der Waals surface area contributed by atoms with Crippen LogP contribution in [-0.2, 0) is 6.54 Å². The monoisotopic (exact) mass is 279 g/mol. The molecule has 0 radical (unpaired) electrons. The fourth-order valence-electron chi connectivity index (χ4n) is 1.67. The second kappa shape index (κ2) is 8.14. The van der Waals surface area contributed by atoms with Gasteiger partial charge in [0.2, 0.25) is 0 Å². The number of aromatic carboxylic acids is 1. The second-order valence-electron chi connectivity index (χ2n) is 4.64. The van der Waals surface area contributed by atoms with Gasteiger partial charge in [-0.2, -0.15) is 0 Å². The molecule has 1 heterocycles. The summed E-state index contributed by atoms with van der Waals surface area (Å²) in [6.45, 7) is 3.19. The highest BCUT2D eigenvalue weighted by molar-refractivity contribution is 5.85. The van der Waals surface area contributed by atoms with Crippen LogP contribution in [0.4, 0.5) is 4.79 Å². The third kappa shape index (κ3) is 5.26. The van der Waals surface area contributed by atoms with Crippen molar-refractivity contribution in [2.45, 2.75) is 32.7 Å². The zero-order valence-corrected chi connectivity index (χ0v) is 11.9. The van der Waals surface area contributed by atoms with Crippen molar-refractivity contribution in [2.75, 3.05) is 13.6 Å². The number of carboxylic acid groups (broad SMARTS) is 1. The highest BCUT2D eigenvalue weighted by Crippen LogP contribution is 2.01. The van der Waals surface area contributed by atoms with Crippen LogP contribution in [0.2, 0.25) is 0 Å². The number of carbonyl (C=O) groups excluding carboxylic acids is 1. The van der Waals surface area contributed by atoms with E-state index in [0.29, 0.717) is 6.54 Å². The van der Waals surface area contributed by atoms with Crippen LogP contribution >= 0.6 is 0 Å². The molecule has 0 fully saturated rings. The molecular weight excluding hydrogens is 258 g/mol. The van der Waals surface area contributed by atoms with Crippen molar-refractivity contribution >= 4 is 12.0 Å². The highest BCUT2D eigenvalue weighted by atomic mass is 16.4. The average Bonchev–Trinajstić information content (AvgIpc) is 2.45. The van der Waals surface area contributed by atoms with Crippen molar-refractivity contribution in [3.63, 3.8) is 0 Å². The Labute approximate surface area is 118 Å². The maximum Gasteiger partial charge on any atom is 0.354 e. The molecule has 0 aliphatic carbocycles. The van der Waals surface area contributed by atoms with Gasteiger partial charge in [0.05, 0.1) is 0 Å². The van der Waals surface area contributed by atoms with Gasteiger partial charge in [0.1, 0.15) is 5.69 Å². The first-order valence-corrected chi connectivity index (χ1v) is 6.71. The summed E-state index contributed by atoms with van der Waals surface area (Å²) in [5.41, 5.74) is 0.766. The number of nitrogens with zero attached hydrogens (tertiary/aromatic N) is 2. The molecule has 0 aliphatic heterocycles. The fraction of sp³-hybridized carbons (Fsp3) is 0.500. The molecule has 20 heavy (non-hydrogen) atoms. The Morgan fingerprint density at radius 2 is 2.10 bits per heavy atom. The van der Waals surface area contributed by atoms with Crippen LogP contribution in [0.3, 0.4) is 0 Å². The molecule has 2 amide bonds. The summed E-state index contributed by atoms with van der Waals surface area (Å²) in [5, 5.41) is 11.5. The van der Waals surface area contributed by atoms with Crippen LogP contribution in [0.25, 0.3) is 0 Å². The minimum Gasteiger partial charge on any atom is -0.477 e. The molecule has 0 unspecified atom stereocenters. The van der Waals surface area contributed by atoms with Crippen LogP contribution in [0.15, 0.2) is 18.3 Å². The standard InChI is InChI=1S/C14H21N3O3/c1-3-4-5-8-17(2)14(20)16-10-11-6-7-12(13(18)19)15-9-11/h6-7,9H,3-5,8,10H2,1-2H3,(H,16,20)(H,18,19). The normalized spacial score (nSPS) is 10.1. The first kappa shape index (κ1) is 15.9. The number of carbonyl (C=O) groups is 2. The molecule has 1 aromatic rings. The lowest BCUT2D eigenvalue weighted by atomic mass is 10.2. The minimum absolute atomic E-state index is 0.00300. The Morgan fingerprint density at radius 3 is 2.65 bits per heavy atom. The van der Waals surface area contributed by atoms with Gasteiger partial charge < -0.3 is 15.3 Å². The SMILES string of the molecule is CCCCCN(C)C(=O)NCc1ccc(C(=O)O)nc1. The minimum atomic E-state index is -1.06. The van der Waals surface area contributed by atoms with Gasteiger partial charge in [-0.25, -0.2) is 14.6 Å². The molecule has 6 heteroatoms. The summed E-state index contributed by atoms with van der Waals surface area (Å²) in [5.74, 6) is -1.06. The number of urea groups is 1. The van der Waals surface area contributed by atoms with Gasteiger partial charge in [0.25, 0.3) is 0 Å². The zero-order valence-electron chi connectivity index (χ0n) is 11.9. The molecule has 110 valence electrons. The smallest absolute Gasteiger partial charge is 0.354 e. The van der Waals surface area contributed by atoms with E-state index < -0.39 is 5.97 Å². The van der Waals surface area contributed by atoms with E-state index in [4.69, 9.17) is 5.11 Å². The lowest BCUT2D eigenvalue weighted by Gasteiger charge is -2.17. The van der Waals surface area contributed by atoms with E-state index in [2.05, 4.69) is 17.2 Å². The van der Waals surface area contributed by atoms with E-state index in [1.54, 1.807) is 18.0 Å². The molecule has 0 atom stereocenters. The third-order valence-corrected chi connectivity index (χ3v) is 2.93. The van der Waals surface area contributed by atoms with Gasteiger partial charge in [0.15, 0.2) is 0 Å². The Morgan fingerprint density at radius 1 is 1.35 bits per heavy atom. The zero-order chi connectivity index (χ0) is 15.0. The summed E-state index contributed by atoms with van der Waals surface area (Å²) >= 11 is 0. The Kier molecular flexibility index (Phi) is 6.49. The van der Waals surface area contributed by atoms with Crippen molar-refractivity contribution in [3.8, 4) is 0 Å². The van der Waals surface area contributed by atoms with Gasteiger partial charge in [-0.1, -0.05) is 25.8 Å². The van der Waals surface area contributed by atoms with Gasteiger partial charge in [-0.15, -0.1) is 0 Å². The highest BCUT2D eigenvalue weighted by Gasteiger charge is 2.08. The number of carboxylic acids is 1. The molecule has 0 saturated heterocycles. The van der Waals surface area contributed by atoms with Gasteiger partial charge in [-0.3, -0.25) is 0 Å².